The molecule has 2 heterocycles. The number of nitrogens with one attached hydrogen (secondary N) is 1. The van der Waals surface area contributed by atoms with Crippen LogP contribution >= 0.6 is 0 Å². The molecule has 4 heteroatoms. The summed E-state index contributed by atoms with van der Waals surface area (Å²) in [5.41, 5.74) is 1.02. The lowest BCUT2D eigenvalue weighted by Crippen LogP contribution is -2.25. The van der Waals surface area contributed by atoms with Crippen LogP contribution in [0.15, 0.2) is 17.3 Å². The summed E-state index contributed by atoms with van der Waals surface area (Å²) in [6, 6.07) is 1.93. The molecular weight excluding hydrogens is 188 g/mol. The van der Waals surface area contributed by atoms with Crippen molar-refractivity contribution in [2.75, 3.05) is 6.54 Å². The second-order valence-corrected chi connectivity index (χ2v) is 3.73. The van der Waals surface area contributed by atoms with Gasteiger partial charge in [-0.05, 0) is 25.8 Å². The van der Waals surface area contributed by atoms with Gasteiger partial charge in [-0.1, -0.05) is 0 Å². The Kier molecular flexibility index (Phi) is 3.27. The SMILES string of the molecule is Cc1nccc(CNC2=NCCCC2)n1. The molecule has 0 saturated carbocycles. The van der Waals surface area contributed by atoms with Gasteiger partial charge in [-0.2, -0.15) is 0 Å². The molecule has 0 saturated heterocycles. The molecule has 1 aromatic heterocycles. The van der Waals surface area contributed by atoms with Crippen LogP contribution in [0.2, 0.25) is 0 Å². The molecule has 0 spiro atoms. The Morgan fingerprint density at radius 2 is 2.33 bits per heavy atom. The van der Waals surface area contributed by atoms with Crippen LogP contribution in [0.1, 0.15) is 30.8 Å². The van der Waals surface area contributed by atoms with Gasteiger partial charge in [-0.15, -0.1) is 0 Å². The molecule has 0 amide bonds. The summed E-state index contributed by atoms with van der Waals surface area (Å²) in [5, 5.41) is 3.32. The van der Waals surface area contributed by atoms with Gasteiger partial charge < -0.3 is 5.32 Å². The second-order valence-electron chi connectivity index (χ2n) is 3.73. The molecule has 4 nitrogen and oxygen atoms in total. The maximum absolute atomic E-state index is 4.43. The molecule has 0 unspecified atom stereocenters. The fourth-order valence-electron chi connectivity index (χ4n) is 1.64. The smallest absolute Gasteiger partial charge is 0.125 e. The van der Waals surface area contributed by atoms with E-state index in [0.717, 1.165) is 36.9 Å². The molecule has 0 atom stereocenters. The topological polar surface area (TPSA) is 50.2 Å². The van der Waals surface area contributed by atoms with E-state index in [1.807, 2.05) is 13.0 Å². The molecule has 1 aliphatic rings. The van der Waals surface area contributed by atoms with E-state index < -0.39 is 0 Å². The van der Waals surface area contributed by atoms with Crippen LogP contribution < -0.4 is 5.32 Å². The maximum atomic E-state index is 4.43. The average Bonchev–Trinajstić information content (AvgIpc) is 2.28. The molecule has 1 aromatic rings. The average molecular weight is 204 g/mol. The Labute approximate surface area is 89.9 Å². The van der Waals surface area contributed by atoms with Crippen LogP contribution in [0.4, 0.5) is 0 Å². The lowest BCUT2D eigenvalue weighted by molar-refractivity contribution is 0.702. The number of aromatic nitrogens is 2. The van der Waals surface area contributed by atoms with E-state index in [9.17, 15) is 0 Å². The molecule has 2 rings (SSSR count). The van der Waals surface area contributed by atoms with E-state index in [4.69, 9.17) is 0 Å². The van der Waals surface area contributed by atoms with Gasteiger partial charge in [0.15, 0.2) is 0 Å². The first kappa shape index (κ1) is 10.1. The summed E-state index contributed by atoms with van der Waals surface area (Å²) in [7, 11) is 0. The third-order valence-corrected chi connectivity index (χ3v) is 2.43. The van der Waals surface area contributed by atoms with E-state index in [0.29, 0.717) is 0 Å². The van der Waals surface area contributed by atoms with Crippen molar-refractivity contribution in [2.45, 2.75) is 32.7 Å². The highest BCUT2D eigenvalue weighted by atomic mass is 15.0. The molecule has 0 bridgehead atoms. The van der Waals surface area contributed by atoms with Crippen LogP contribution in [0, 0.1) is 6.92 Å². The lowest BCUT2D eigenvalue weighted by atomic mass is 10.2. The predicted octanol–water partition coefficient (Wildman–Crippen LogP) is 1.46. The van der Waals surface area contributed by atoms with Crippen molar-refractivity contribution >= 4 is 5.84 Å². The van der Waals surface area contributed by atoms with Gasteiger partial charge in [0.05, 0.1) is 18.1 Å². The zero-order chi connectivity index (χ0) is 10.5. The van der Waals surface area contributed by atoms with Crippen molar-refractivity contribution in [2.24, 2.45) is 4.99 Å². The molecule has 0 radical (unpaired) electrons. The van der Waals surface area contributed by atoms with Gasteiger partial charge in [0, 0.05) is 19.2 Å². The number of aliphatic imine (C=N–C) groups is 1. The van der Waals surface area contributed by atoms with Crippen LogP contribution in [0.3, 0.4) is 0 Å². The van der Waals surface area contributed by atoms with E-state index >= 15 is 0 Å². The fourth-order valence-corrected chi connectivity index (χ4v) is 1.64. The van der Waals surface area contributed by atoms with Gasteiger partial charge in [-0.25, -0.2) is 9.97 Å². The number of nitrogens with zero attached hydrogens (tertiary/aromatic N) is 3. The summed E-state index contributed by atoms with van der Waals surface area (Å²) >= 11 is 0. The van der Waals surface area contributed by atoms with Crippen LogP contribution in [-0.2, 0) is 6.54 Å². The summed E-state index contributed by atoms with van der Waals surface area (Å²) in [6.45, 7) is 3.62. The van der Waals surface area contributed by atoms with Crippen molar-refractivity contribution in [3.63, 3.8) is 0 Å². The first-order chi connectivity index (χ1) is 7.34. The number of hydrogen-bond donors (Lipinski definition) is 1. The molecule has 15 heavy (non-hydrogen) atoms. The highest BCUT2D eigenvalue weighted by Gasteiger charge is 2.04. The van der Waals surface area contributed by atoms with Crippen LogP contribution in [0.5, 0.6) is 0 Å². The van der Waals surface area contributed by atoms with Gasteiger partial charge in [0.1, 0.15) is 5.82 Å². The predicted molar refractivity (Wildman–Crippen MR) is 59.8 cm³/mol. The van der Waals surface area contributed by atoms with E-state index in [-0.39, 0.29) is 0 Å². The molecule has 80 valence electrons. The Morgan fingerprint density at radius 3 is 3.07 bits per heavy atom. The van der Waals surface area contributed by atoms with E-state index in [1.165, 1.54) is 12.8 Å². The standard InChI is InChI=1S/C11H16N4/c1-9-12-7-5-10(15-9)8-14-11-4-2-3-6-13-11/h5,7H,2-4,6,8H2,1H3,(H,13,14). The van der Waals surface area contributed by atoms with Gasteiger partial charge in [-0.3, -0.25) is 4.99 Å². The van der Waals surface area contributed by atoms with Crippen molar-refractivity contribution in [1.82, 2.24) is 15.3 Å². The first-order valence-electron chi connectivity index (χ1n) is 5.40. The monoisotopic (exact) mass is 204 g/mol. The minimum Gasteiger partial charge on any atom is -0.368 e. The summed E-state index contributed by atoms with van der Waals surface area (Å²) in [6.07, 6.45) is 5.33. The first-order valence-corrected chi connectivity index (χ1v) is 5.40. The number of amidine groups is 1. The zero-order valence-corrected chi connectivity index (χ0v) is 9.03. The second kappa shape index (κ2) is 4.87. The molecule has 0 fully saturated rings. The third kappa shape index (κ3) is 3.01. The summed E-state index contributed by atoms with van der Waals surface area (Å²) < 4.78 is 0. The number of aryl methyl sites for hydroxylation is 1. The van der Waals surface area contributed by atoms with Gasteiger partial charge >= 0.3 is 0 Å². The van der Waals surface area contributed by atoms with Crippen molar-refractivity contribution in [3.8, 4) is 0 Å². The Bertz CT molecular complexity index is 359. The van der Waals surface area contributed by atoms with Crippen molar-refractivity contribution < 1.29 is 0 Å². The summed E-state index contributed by atoms with van der Waals surface area (Å²) in [4.78, 5) is 12.8. The van der Waals surface area contributed by atoms with E-state index in [1.54, 1.807) is 6.20 Å². The number of rotatable bonds is 2. The molecular formula is C11H16N4. The normalized spacial score (nSPS) is 15.9. The highest BCUT2D eigenvalue weighted by molar-refractivity contribution is 5.82. The van der Waals surface area contributed by atoms with Crippen LogP contribution in [0.25, 0.3) is 0 Å². The third-order valence-electron chi connectivity index (χ3n) is 2.43. The Balaban J connectivity index is 1.90. The molecule has 1 aliphatic heterocycles. The fraction of sp³-hybridized carbons (Fsp3) is 0.545. The Morgan fingerprint density at radius 1 is 1.40 bits per heavy atom. The van der Waals surface area contributed by atoms with E-state index in [2.05, 4.69) is 20.3 Å². The van der Waals surface area contributed by atoms with Crippen molar-refractivity contribution in [1.29, 1.82) is 0 Å². The highest BCUT2D eigenvalue weighted by Crippen LogP contribution is 2.04. The lowest BCUT2D eigenvalue weighted by Gasteiger charge is -2.13. The van der Waals surface area contributed by atoms with Crippen molar-refractivity contribution in [3.05, 3.63) is 23.8 Å². The molecule has 0 aliphatic carbocycles. The largest absolute Gasteiger partial charge is 0.368 e. The minimum atomic E-state index is 0.752. The van der Waals surface area contributed by atoms with Gasteiger partial charge in [0.25, 0.3) is 0 Å². The number of hydrogen-bond acceptors (Lipinski definition) is 4. The minimum absolute atomic E-state index is 0.752. The molecule has 1 N–H and O–H groups in total. The summed E-state index contributed by atoms with van der Waals surface area (Å²) in [5.74, 6) is 1.94. The van der Waals surface area contributed by atoms with Gasteiger partial charge in [0.2, 0.25) is 0 Å². The quantitative estimate of drug-likeness (QED) is 0.793. The Hall–Kier alpha value is -1.45. The molecule has 0 aromatic carbocycles. The zero-order valence-electron chi connectivity index (χ0n) is 9.03. The van der Waals surface area contributed by atoms with Crippen LogP contribution in [-0.4, -0.2) is 22.3 Å². The maximum Gasteiger partial charge on any atom is 0.125 e.